The molecule has 0 saturated carbocycles. The zero-order chi connectivity index (χ0) is 13.9. The fraction of sp³-hybridized carbons (Fsp3) is 0.412. The Morgan fingerprint density at radius 1 is 1.35 bits per heavy atom. The number of rotatable bonds is 5. The number of aryl methyl sites for hydroxylation is 1. The fourth-order valence-corrected chi connectivity index (χ4v) is 2.78. The molecular weight excluding hydrogens is 250 g/mol. The van der Waals surface area contributed by atoms with Crippen molar-refractivity contribution < 1.29 is 9.15 Å². The number of nitrogens with one attached hydrogen (secondary N) is 1. The normalized spacial score (nSPS) is 14.9. The van der Waals surface area contributed by atoms with E-state index in [1.807, 2.05) is 13.2 Å². The summed E-state index contributed by atoms with van der Waals surface area (Å²) in [7, 11) is 0. The summed E-state index contributed by atoms with van der Waals surface area (Å²) >= 11 is 0. The summed E-state index contributed by atoms with van der Waals surface area (Å²) in [5, 5.41) is 3.61. The zero-order valence-electron chi connectivity index (χ0n) is 12.1. The second-order valence-corrected chi connectivity index (χ2v) is 5.31. The van der Waals surface area contributed by atoms with E-state index >= 15 is 0 Å². The van der Waals surface area contributed by atoms with Crippen LogP contribution >= 0.6 is 0 Å². The highest BCUT2D eigenvalue weighted by atomic mass is 16.5. The molecule has 1 aliphatic heterocycles. The molecule has 106 valence electrons. The van der Waals surface area contributed by atoms with Gasteiger partial charge in [-0.3, -0.25) is 0 Å². The van der Waals surface area contributed by atoms with Crippen LogP contribution in [0.2, 0.25) is 0 Å². The Bertz CT molecular complexity index is 588. The molecule has 2 heterocycles. The fourth-order valence-electron chi connectivity index (χ4n) is 2.78. The van der Waals surface area contributed by atoms with Gasteiger partial charge in [0.1, 0.15) is 11.5 Å². The highest BCUT2D eigenvalue weighted by Gasteiger charge is 2.23. The molecule has 0 aliphatic carbocycles. The first-order chi connectivity index (χ1) is 9.79. The highest BCUT2D eigenvalue weighted by molar-refractivity contribution is 5.48. The number of hydrogen-bond acceptors (Lipinski definition) is 3. The van der Waals surface area contributed by atoms with Gasteiger partial charge < -0.3 is 14.5 Å². The molecule has 0 bridgehead atoms. The summed E-state index contributed by atoms with van der Waals surface area (Å²) in [6.45, 7) is 5.92. The van der Waals surface area contributed by atoms with Gasteiger partial charge >= 0.3 is 0 Å². The predicted molar refractivity (Wildman–Crippen MR) is 79.2 cm³/mol. The lowest BCUT2D eigenvalue weighted by molar-refractivity contribution is 0.350. The largest absolute Gasteiger partial charge is 0.493 e. The van der Waals surface area contributed by atoms with Crippen molar-refractivity contribution in [2.75, 3.05) is 13.2 Å². The van der Waals surface area contributed by atoms with Crippen LogP contribution in [-0.2, 0) is 6.42 Å². The maximum absolute atomic E-state index is 5.85. The molecule has 3 nitrogen and oxygen atoms in total. The molecule has 1 atom stereocenters. The molecule has 1 aromatic heterocycles. The van der Waals surface area contributed by atoms with Gasteiger partial charge in [0.2, 0.25) is 0 Å². The number of ether oxygens (including phenoxy) is 1. The van der Waals surface area contributed by atoms with Gasteiger partial charge in [0.15, 0.2) is 0 Å². The van der Waals surface area contributed by atoms with E-state index in [2.05, 4.69) is 36.5 Å². The van der Waals surface area contributed by atoms with Crippen LogP contribution in [0.15, 0.2) is 34.9 Å². The van der Waals surface area contributed by atoms with Crippen LogP contribution < -0.4 is 10.1 Å². The summed E-state index contributed by atoms with van der Waals surface area (Å²) < 4.78 is 11.3. The molecule has 20 heavy (non-hydrogen) atoms. The number of furan rings is 1. The van der Waals surface area contributed by atoms with E-state index < -0.39 is 0 Å². The molecule has 1 aromatic carbocycles. The number of benzene rings is 1. The Kier molecular flexibility index (Phi) is 3.79. The molecular formula is C17H21NO2. The van der Waals surface area contributed by atoms with Crippen LogP contribution in [0.1, 0.15) is 41.8 Å². The Hall–Kier alpha value is -1.74. The SMILES string of the molecule is CCCNC(c1coc(C)c1)c1cccc2c1OCC2. The van der Waals surface area contributed by atoms with E-state index in [4.69, 9.17) is 9.15 Å². The Morgan fingerprint density at radius 3 is 3.00 bits per heavy atom. The number of fused-ring (bicyclic) bond motifs is 1. The molecule has 3 rings (SSSR count). The van der Waals surface area contributed by atoms with Crippen LogP contribution in [0.25, 0.3) is 0 Å². The second kappa shape index (κ2) is 5.71. The minimum absolute atomic E-state index is 0.139. The van der Waals surface area contributed by atoms with Crippen molar-refractivity contribution in [1.82, 2.24) is 5.32 Å². The van der Waals surface area contributed by atoms with E-state index in [0.29, 0.717) is 0 Å². The lowest BCUT2D eigenvalue weighted by Crippen LogP contribution is -2.23. The molecule has 3 heteroatoms. The van der Waals surface area contributed by atoms with Gasteiger partial charge in [0, 0.05) is 17.5 Å². The van der Waals surface area contributed by atoms with Crippen LogP contribution in [0.3, 0.4) is 0 Å². The zero-order valence-corrected chi connectivity index (χ0v) is 12.1. The van der Waals surface area contributed by atoms with Crippen LogP contribution in [-0.4, -0.2) is 13.2 Å². The van der Waals surface area contributed by atoms with Gasteiger partial charge in [0.05, 0.1) is 18.9 Å². The average molecular weight is 271 g/mol. The third-order valence-electron chi connectivity index (χ3n) is 3.74. The number of para-hydroxylation sites is 1. The topological polar surface area (TPSA) is 34.4 Å². The second-order valence-electron chi connectivity index (χ2n) is 5.31. The van der Waals surface area contributed by atoms with E-state index in [1.165, 1.54) is 16.7 Å². The highest BCUT2D eigenvalue weighted by Crippen LogP contribution is 2.36. The van der Waals surface area contributed by atoms with Crippen molar-refractivity contribution >= 4 is 0 Å². The van der Waals surface area contributed by atoms with Gasteiger partial charge in [-0.05, 0) is 31.5 Å². The van der Waals surface area contributed by atoms with E-state index in [-0.39, 0.29) is 6.04 Å². The first-order valence-corrected chi connectivity index (χ1v) is 7.32. The third kappa shape index (κ3) is 2.46. The monoisotopic (exact) mass is 271 g/mol. The van der Waals surface area contributed by atoms with Crippen molar-refractivity contribution in [3.05, 3.63) is 53.0 Å². The van der Waals surface area contributed by atoms with Gasteiger partial charge in [-0.25, -0.2) is 0 Å². The van der Waals surface area contributed by atoms with Crippen molar-refractivity contribution in [1.29, 1.82) is 0 Å². The summed E-state index contributed by atoms with van der Waals surface area (Å²) in [6.07, 6.45) is 3.95. The van der Waals surface area contributed by atoms with E-state index in [0.717, 1.165) is 37.5 Å². The summed E-state index contributed by atoms with van der Waals surface area (Å²) in [4.78, 5) is 0. The van der Waals surface area contributed by atoms with Crippen molar-refractivity contribution in [3.8, 4) is 5.75 Å². The average Bonchev–Trinajstić information content (AvgIpc) is 3.08. The maximum Gasteiger partial charge on any atom is 0.127 e. The van der Waals surface area contributed by atoms with Crippen molar-refractivity contribution in [2.24, 2.45) is 0 Å². The third-order valence-corrected chi connectivity index (χ3v) is 3.74. The van der Waals surface area contributed by atoms with Crippen molar-refractivity contribution in [3.63, 3.8) is 0 Å². The molecule has 0 saturated heterocycles. The van der Waals surface area contributed by atoms with Gasteiger partial charge in [-0.15, -0.1) is 0 Å². The summed E-state index contributed by atoms with van der Waals surface area (Å²) in [5.41, 5.74) is 3.69. The first-order valence-electron chi connectivity index (χ1n) is 7.32. The summed E-state index contributed by atoms with van der Waals surface area (Å²) in [5.74, 6) is 2.00. The molecule has 1 N–H and O–H groups in total. The molecule has 0 fully saturated rings. The molecule has 2 aromatic rings. The van der Waals surface area contributed by atoms with E-state index in [1.54, 1.807) is 0 Å². The smallest absolute Gasteiger partial charge is 0.127 e. The van der Waals surface area contributed by atoms with Crippen LogP contribution in [0.4, 0.5) is 0 Å². The molecule has 0 amide bonds. The van der Waals surface area contributed by atoms with Crippen LogP contribution in [0.5, 0.6) is 5.75 Å². The van der Waals surface area contributed by atoms with Gasteiger partial charge in [-0.2, -0.15) is 0 Å². The molecule has 0 radical (unpaired) electrons. The van der Waals surface area contributed by atoms with Gasteiger partial charge in [-0.1, -0.05) is 25.1 Å². The maximum atomic E-state index is 5.85. The van der Waals surface area contributed by atoms with Gasteiger partial charge in [0.25, 0.3) is 0 Å². The summed E-state index contributed by atoms with van der Waals surface area (Å²) in [6, 6.07) is 8.67. The molecule has 1 aliphatic rings. The first kappa shape index (κ1) is 13.3. The molecule has 1 unspecified atom stereocenters. The van der Waals surface area contributed by atoms with Crippen LogP contribution in [0, 0.1) is 6.92 Å². The number of hydrogen-bond donors (Lipinski definition) is 1. The van der Waals surface area contributed by atoms with Crippen molar-refractivity contribution in [2.45, 2.75) is 32.7 Å². The Balaban J connectivity index is 1.99. The lowest BCUT2D eigenvalue weighted by Gasteiger charge is -2.20. The Morgan fingerprint density at radius 2 is 2.25 bits per heavy atom. The standard InChI is InChI=1S/C17H21NO2/c1-3-8-18-16(14-10-12(2)20-11-14)15-6-4-5-13-7-9-19-17(13)15/h4-6,10-11,16,18H,3,7-9H2,1-2H3. The predicted octanol–water partition coefficient (Wildman–Crippen LogP) is 3.61. The lowest BCUT2D eigenvalue weighted by atomic mass is 9.97. The quantitative estimate of drug-likeness (QED) is 0.902. The minimum atomic E-state index is 0.139. The minimum Gasteiger partial charge on any atom is -0.493 e. The molecule has 0 spiro atoms. The van der Waals surface area contributed by atoms with E-state index in [9.17, 15) is 0 Å². The Labute approximate surface area is 119 Å².